The number of carbonyl (C=O) groups is 4. The zero-order chi connectivity index (χ0) is 84.8. The predicted molar refractivity (Wildman–Crippen MR) is 449 cm³/mol. The largest absolute Gasteiger partial charge is 0.472 e. The number of carbonyl (C=O) groups excluding carboxylic acids is 4. The lowest BCUT2D eigenvalue weighted by Crippen LogP contribution is -2.70. The first-order valence-corrected chi connectivity index (χ1v) is 47.6. The van der Waals surface area contributed by atoms with Crippen molar-refractivity contribution in [2.75, 3.05) is 26.4 Å². The molecule has 0 amide bonds. The van der Waals surface area contributed by atoms with Gasteiger partial charge >= 0.3 is 31.7 Å². The second kappa shape index (κ2) is 68.2. The second-order valence-electron chi connectivity index (χ2n) is 33.1. The fraction of sp³-hybridized carbons (Fsp3) is 0.889. The van der Waals surface area contributed by atoms with E-state index in [1.165, 1.54) is 135 Å². The number of aliphatic hydroxyl groups excluding tert-OH is 9. The minimum Gasteiger partial charge on any atom is -0.463 e. The summed E-state index contributed by atoms with van der Waals surface area (Å²) in [5.74, 6) is -2.33. The van der Waals surface area contributed by atoms with E-state index >= 15 is 0 Å². The zero-order valence-corrected chi connectivity index (χ0v) is 73.1. The van der Waals surface area contributed by atoms with Gasteiger partial charge < -0.3 is 88.7 Å². The van der Waals surface area contributed by atoms with E-state index in [-0.39, 0.29) is 32.1 Å². The highest BCUT2D eigenvalue weighted by atomic mass is 31.2. The molecular formula is C90H163O25P. The molecule has 0 radical (unpaired) electrons. The molecule has 19 atom stereocenters. The van der Waals surface area contributed by atoms with Gasteiger partial charge in [0.15, 0.2) is 24.8 Å². The van der Waals surface area contributed by atoms with Crippen molar-refractivity contribution >= 4 is 31.7 Å². The average molecular weight is 1680 g/mol. The Morgan fingerprint density at radius 1 is 0.362 bits per heavy atom. The van der Waals surface area contributed by atoms with Crippen molar-refractivity contribution in [1.29, 1.82) is 0 Å². The number of unbranched alkanes of at least 4 members (excludes halogenated alkanes) is 39. The molecule has 0 bridgehead atoms. The highest BCUT2D eigenvalue weighted by molar-refractivity contribution is 7.47. The molecule has 1 saturated carbocycles. The Morgan fingerprint density at radius 3 is 1.13 bits per heavy atom. The van der Waals surface area contributed by atoms with Gasteiger partial charge in [-0.1, -0.05) is 283 Å². The SMILES string of the molecule is CCCCCC/C=C\CCCCCCCCCC(=O)OC(COC(=O)CCCCCCCCC(C)CCCCCCCC)COP(=O)(O)OC1C(OC2OC(CO)C(O)C(O)C2O)C(O)C(O)C(OC(=O)CCCCC/C=C\CCCCCCCC)C1OC1OC(COC(=O)CCCCC/C=C\CCCCCCCC)C(O)C(O)C1O. The molecule has 3 fully saturated rings. The van der Waals surface area contributed by atoms with Crippen LogP contribution in [-0.4, -0.2) is 205 Å². The van der Waals surface area contributed by atoms with Crippen LogP contribution in [0, 0.1) is 5.92 Å². The molecule has 19 unspecified atom stereocenters. The van der Waals surface area contributed by atoms with E-state index in [9.17, 15) is 74.6 Å². The van der Waals surface area contributed by atoms with E-state index in [0.717, 1.165) is 128 Å². The van der Waals surface area contributed by atoms with Gasteiger partial charge in [-0.3, -0.25) is 28.2 Å². The molecule has 26 heteroatoms. The summed E-state index contributed by atoms with van der Waals surface area (Å²) in [5.41, 5.74) is 0. The monoisotopic (exact) mass is 1680 g/mol. The van der Waals surface area contributed by atoms with Crippen molar-refractivity contribution in [2.24, 2.45) is 5.92 Å². The fourth-order valence-corrected chi connectivity index (χ4v) is 16.0. The number of aliphatic hydroxyl groups is 9. The quantitative estimate of drug-likeness (QED) is 0.00889. The average Bonchev–Trinajstić information content (AvgIpc) is 0.754. The van der Waals surface area contributed by atoms with Crippen LogP contribution in [0.4, 0.5) is 0 Å². The van der Waals surface area contributed by atoms with Crippen LogP contribution in [-0.2, 0) is 70.7 Å². The first-order chi connectivity index (χ1) is 56.1. The van der Waals surface area contributed by atoms with Crippen LogP contribution in [0.3, 0.4) is 0 Å². The van der Waals surface area contributed by atoms with Gasteiger partial charge in [-0.15, -0.1) is 0 Å². The Hall–Kier alpha value is -3.31. The van der Waals surface area contributed by atoms with Gasteiger partial charge in [0, 0.05) is 25.7 Å². The van der Waals surface area contributed by atoms with Crippen molar-refractivity contribution in [1.82, 2.24) is 0 Å². The molecule has 3 aliphatic rings. The van der Waals surface area contributed by atoms with Crippen LogP contribution in [0.1, 0.15) is 375 Å². The maximum Gasteiger partial charge on any atom is 0.472 e. The zero-order valence-electron chi connectivity index (χ0n) is 72.2. The van der Waals surface area contributed by atoms with Crippen molar-refractivity contribution in [2.45, 2.75) is 479 Å². The summed E-state index contributed by atoms with van der Waals surface area (Å²) < 4.78 is 73.3. The number of allylic oxidation sites excluding steroid dienone is 6. The third-order valence-electron chi connectivity index (χ3n) is 22.5. The Balaban J connectivity index is 1.94. The van der Waals surface area contributed by atoms with Gasteiger partial charge in [-0.25, -0.2) is 4.57 Å². The Morgan fingerprint density at radius 2 is 0.698 bits per heavy atom. The number of esters is 4. The molecule has 0 spiro atoms. The third-order valence-corrected chi connectivity index (χ3v) is 23.5. The van der Waals surface area contributed by atoms with E-state index < -0.39 is 162 Å². The number of phosphoric acid groups is 1. The van der Waals surface area contributed by atoms with E-state index in [2.05, 4.69) is 71.1 Å². The fourth-order valence-electron chi connectivity index (χ4n) is 15.0. The summed E-state index contributed by atoms with van der Waals surface area (Å²) in [5, 5.41) is 102. The summed E-state index contributed by atoms with van der Waals surface area (Å²) in [6, 6.07) is 0. The van der Waals surface area contributed by atoms with Gasteiger partial charge in [0.25, 0.3) is 0 Å². The van der Waals surface area contributed by atoms with E-state index in [1.54, 1.807) is 0 Å². The highest BCUT2D eigenvalue weighted by Gasteiger charge is 2.60. The molecule has 3 rings (SSSR count). The van der Waals surface area contributed by atoms with Crippen LogP contribution in [0.2, 0.25) is 0 Å². The van der Waals surface area contributed by atoms with E-state index in [1.807, 2.05) is 0 Å². The normalized spacial score (nSPS) is 25.6. The minimum absolute atomic E-state index is 0.00896. The van der Waals surface area contributed by atoms with Crippen LogP contribution in [0.25, 0.3) is 0 Å². The van der Waals surface area contributed by atoms with Gasteiger partial charge in [0.1, 0.15) is 92.6 Å². The number of ether oxygens (including phenoxy) is 8. The first-order valence-electron chi connectivity index (χ1n) is 46.1. The Labute approximate surface area is 697 Å². The van der Waals surface area contributed by atoms with Gasteiger partial charge in [0.05, 0.1) is 13.2 Å². The second-order valence-corrected chi connectivity index (χ2v) is 34.5. The Kier molecular flexibility index (Phi) is 62.8. The van der Waals surface area contributed by atoms with Gasteiger partial charge in [-0.05, 0) is 109 Å². The summed E-state index contributed by atoms with van der Waals surface area (Å²) in [6.45, 7) is 7.85. The molecule has 1 aliphatic carbocycles. The van der Waals surface area contributed by atoms with Gasteiger partial charge in [-0.2, -0.15) is 0 Å². The molecule has 2 saturated heterocycles. The van der Waals surface area contributed by atoms with Gasteiger partial charge in [0.2, 0.25) is 0 Å². The topological polar surface area (TPSA) is 380 Å². The third kappa shape index (κ3) is 48.5. The lowest BCUT2D eigenvalue weighted by Gasteiger charge is -2.50. The summed E-state index contributed by atoms with van der Waals surface area (Å²) in [7, 11) is -5.81. The van der Waals surface area contributed by atoms with E-state index in [4.69, 9.17) is 46.9 Å². The first kappa shape index (κ1) is 107. The molecule has 0 aromatic rings. The van der Waals surface area contributed by atoms with Crippen molar-refractivity contribution in [3.05, 3.63) is 36.5 Å². The van der Waals surface area contributed by atoms with Crippen molar-refractivity contribution < 1.29 is 122 Å². The maximum absolute atomic E-state index is 14.9. The molecular weight excluding hydrogens is 1510 g/mol. The molecule has 0 aromatic heterocycles. The summed E-state index contributed by atoms with van der Waals surface area (Å²) in [4.78, 5) is 66.4. The number of phosphoric ester groups is 1. The molecule has 0 aromatic carbocycles. The Bertz CT molecular complexity index is 2580. The molecule has 25 nitrogen and oxygen atoms in total. The number of rotatable bonds is 73. The smallest absolute Gasteiger partial charge is 0.463 e. The predicted octanol–water partition coefficient (Wildman–Crippen LogP) is 16.6. The van der Waals surface area contributed by atoms with Crippen LogP contribution in [0.5, 0.6) is 0 Å². The maximum atomic E-state index is 14.9. The molecule has 10 N–H and O–H groups in total. The van der Waals surface area contributed by atoms with Crippen LogP contribution < -0.4 is 0 Å². The van der Waals surface area contributed by atoms with Crippen molar-refractivity contribution in [3.8, 4) is 0 Å². The summed E-state index contributed by atoms with van der Waals surface area (Å²) in [6.07, 6.45) is 27.4. The van der Waals surface area contributed by atoms with E-state index in [0.29, 0.717) is 50.9 Å². The van der Waals surface area contributed by atoms with Crippen LogP contribution in [0.15, 0.2) is 36.5 Å². The molecule has 2 aliphatic heterocycles. The highest BCUT2D eigenvalue weighted by Crippen LogP contribution is 2.49. The lowest BCUT2D eigenvalue weighted by atomic mass is 9.84. The number of hydrogen-bond donors (Lipinski definition) is 10. The van der Waals surface area contributed by atoms with Crippen LogP contribution >= 0.6 is 7.82 Å². The summed E-state index contributed by atoms with van der Waals surface area (Å²) >= 11 is 0. The molecule has 2 heterocycles. The minimum atomic E-state index is -5.81. The molecule has 116 heavy (non-hydrogen) atoms. The number of hydrogen-bond acceptors (Lipinski definition) is 24. The molecule has 678 valence electrons. The van der Waals surface area contributed by atoms with Crippen molar-refractivity contribution in [3.63, 3.8) is 0 Å². The standard InChI is InChI=1S/C90H163O25P/c1-6-10-14-18-22-25-28-31-32-35-38-40-43-51-57-63-75(94)109-70(66-106-73(92)61-55-50-46-45-48-54-60-69(5)59-53-47-21-17-13-9-4)67-108-116(104,105)115-88-86(113-89-83(102)79(98)77(96)71(65-91)110-89)82(101)81(100)85(112-76(95)64-58-52-44-41-37-34-30-27-24-20-16-12-8-3)87(88)114-90-84(103)80(99)78(97)72(111-90)68-107-74(93)62-56-49-42-39-36-33-29-26-23-19-15-11-7-2/h25,28,33-34,36-37,69-72,77-91,96-103H,6-24,26-27,29-32,35,38-68H2,1-5H3,(H,104,105)/b28-25-,36-33-,37-34-. The lowest BCUT2D eigenvalue weighted by molar-refractivity contribution is -0.360.